The van der Waals surface area contributed by atoms with Gasteiger partial charge in [-0.3, -0.25) is 4.79 Å². The molecule has 23 heavy (non-hydrogen) atoms. The molecule has 2 saturated heterocycles. The van der Waals surface area contributed by atoms with Gasteiger partial charge >= 0.3 is 0 Å². The third kappa shape index (κ3) is 2.17. The van der Waals surface area contributed by atoms with E-state index in [4.69, 9.17) is 0 Å². The molecule has 2 nitrogen and oxygen atoms in total. The summed E-state index contributed by atoms with van der Waals surface area (Å²) in [4.78, 5) is 14.3. The second-order valence-electron chi connectivity index (χ2n) is 9.13. The Balaban J connectivity index is 1.74. The number of carbonyl (C=O) groups excluding carboxylic acids is 1. The molecule has 1 amide bonds. The molecule has 0 saturated carbocycles. The number of aryl methyl sites for hydroxylation is 1. The smallest absolute Gasteiger partial charge is 0.222 e. The van der Waals surface area contributed by atoms with Gasteiger partial charge in [-0.25, -0.2) is 0 Å². The average molecular weight is 311 g/mol. The summed E-state index contributed by atoms with van der Waals surface area (Å²) < 4.78 is 0. The Morgan fingerprint density at radius 2 is 1.96 bits per heavy atom. The molecule has 0 spiro atoms. The van der Waals surface area contributed by atoms with Crippen molar-refractivity contribution in [1.29, 1.82) is 0 Å². The van der Waals surface area contributed by atoms with Crippen LogP contribution in [0.4, 0.5) is 0 Å². The topological polar surface area (TPSA) is 20.3 Å². The lowest BCUT2D eigenvalue weighted by Gasteiger charge is -2.52. The van der Waals surface area contributed by atoms with Crippen LogP contribution in [0.5, 0.6) is 0 Å². The van der Waals surface area contributed by atoms with Crippen LogP contribution in [0.2, 0.25) is 0 Å². The molecule has 1 aliphatic carbocycles. The fraction of sp³-hybridized carbons (Fsp3) is 0.667. The molecule has 0 N–H and O–H groups in total. The zero-order valence-electron chi connectivity index (χ0n) is 15.0. The summed E-state index contributed by atoms with van der Waals surface area (Å²) in [5.74, 6) is 1.04. The molecule has 0 radical (unpaired) electrons. The zero-order chi connectivity index (χ0) is 16.4. The van der Waals surface area contributed by atoms with Crippen molar-refractivity contribution in [3.8, 4) is 0 Å². The highest BCUT2D eigenvalue weighted by Crippen LogP contribution is 2.51. The van der Waals surface area contributed by atoms with Crippen molar-refractivity contribution in [3.05, 3.63) is 34.9 Å². The SMILES string of the molecule is CC(C)(C)c1ccc2c(c1)CC[C@H]1[C@@H]3CCC(=O)N3CC[C@]21C. The lowest BCUT2D eigenvalue weighted by molar-refractivity contribution is -0.132. The molecule has 2 fully saturated rings. The van der Waals surface area contributed by atoms with Gasteiger partial charge in [0.25, 0.3) is 0 Å². The second-order valence-corrected chi connectivity index (χ2v) is 9.13. The van der Waals surface area contributed by atoms with E-state index in [1.165, 1.54) is 18.4 Å². The van der Waals surface area contributed by atoms with Crippen LogP contribution in [0.1, 0.15) is 70.1 Å². The number of piperidine rings is 1. The second kappa shape index (κ2) is 4.84. The van der Waals surface area contributed by atoms with E-state index in [-0.39, 0.29) is 10.8 Å². The molecule has 3 atom stereocenters. The van der Waals surface area contributed by atoms with Gasteiger partial charge in [0.1, 0.15) is 0 Å². The lowest BCUT2D eigenvalue weighted by Crippen LogP contribution is -2.55. The molecule has 0 bridgehead atoms. The van der Waals surface area contributed by atoms with Crippen molar-refractivity contribution >= 4 is 5.91 Å². The first-order valence-electron chi connectivity index (χ1n) is 9.24. The number of amides is 1. The van der Waals surface area contributed by atoms with Crippen LogP contribution < -0.4 is 0 Å². The van der Waals surface area contributed by atoms with Gasteiger partial charge in [0.15, 0.2) is 0 Å². The standard InChI is InChI=1S/C21H29NO/c1-20(2,3)15-6-8-16-14(13-15)5-7-17-18-9-10-19(23)22(18)12-11-21(16,17)4/h6,8,13,17-18H,5,7,9-12H2,1-4H3/t17-,18-,21+/m0/s1. The van der Waals surface area contributed by atoms with Gasteiger partial charge in [0.05, 0.1) is 0 Å². The number of rotatable bonds is 0. The van der Waals surface area contributed by atoms with Gasteiger partial charge < -0.3 is 4.90 Å². The number of hydrogen-bond donors (Lipinski definition) is 0. The van der Waals surface area contributed by atoms with Gasteiger partial charge in [-0.15, -0.1) is 0 Å². The first-order chi connectivity index (χ1) is 10.8. The average Bonchev–Trinajstić information content (AvgIpc) is 2.87. The third-order valence-electron chi connectivity index (χ3n) is 6.84. The highest BCUT2D eigenvalue weighted by molar-refractivity contribution is 5.79. The molecular weight excluding hydrogens is 282 g/mol. The maximum atomic E-state index is 12.1. The fourth-order valence-corrected chi connectivity index (χ4v) is 5.41. The van der Waals surface area contributed by atoms with E-state index >= 15 is 0 Å². The minimum Gasteiger partial charge on any atom is -0.339 e. The summed E-state index contributed by atoms with van der Waals surface area (Å²) in [5, 5.41) is 0. The fourth-order valence-electron chi connectivity index (χ4n) is 5.41. The first kappa shape index (κ1) is 15.2. The van der Waals surface area contributed by atoms with E-state index in [2.05, 4.69) is 50.8 Å². The van der Waals surface area contributed by atoms with Gasteiger partial charge in [-0.1, -0.05) is 45.9 Å². The molecule has 2 heterocycles. The summed E-state index contributed by atoms with van der Waals surface area (Å²) in [6, 6.07) is 7.72. The third-order valence-corrected chi connectivity index (χ3v) is 6.84. The molecule has 3 aliphatic rings. The maximum absolute atomic E-state index is 12.1. The highest BCUT2D eigenvalue weighted by atomic mass is 16.2. The Kier molecular flexibility index (Phi) is 3.21. The molecular formula is C21H29NO. The number of hydrogen-bond acceptors (Lipinski definition) is 1. The van der Waals surface area contributed by atoms with Crippen LogP contribution >= 0.6 is 0 Å². The molecule has 124 valence electrons. The summed E-state index contributed by atoms with van der Waals surface area (Å²) in [6.07, 6.45) is 5.40. The number of carbonyl (C=O) groups is 1. The molecule has 2 heteroatoms. The van der Waals surface area contributed by atoms with Crippen LogP contribution in [0.25, 0.3) is 0 Å². The largest absolute Gasteiger partial charge is 0.339 e. The van der Waals surface area contributed by atoms with Gasteiger partial charge in [-0.05, 0) is 59.1 Å². The maximum Gasteiger partial charge on any atom is 0.222 e. The number of benzene rings is 1. The summed E-state index contributed by atoms with van der Waals surface area (Å²) >= 11 is 0. The van der Waals surface area contributed by atoms with E-state index in [0.717, 1.165) is 25.8 Å². The molecule has 2 aliphatic heterocycles. The van der Waals surface area contributed by atoms with Gasteiger partial charge in [0.2, 0.25) is 5.91 Å². The quantitative estimate of drug-likeness (QED) is 0.703. The Bertz CT molecular complexity index is 656. The molecule has 0 unspecified atom stereocenters. The molecule has 0 aromatic heterocycles. The first-order valence-corrected chi connectivity index (χ1v) is 9.24. The Hall–Kier alpha value is -1.31. The Morgan fingerprint density at radius 1 is 1.17 bits per heavy atom. The van der Waals surface area contributed by atoms with Crippen LogP contribution in [-0.2, 0) is 22.0 Å². The number of nitrogens with zero attached hydrogens (tertiary/aromatic N) is 1. The molecule has 1 aromatic carbocycles. The van der Waals surface area contributed by atoms with Gasteiger partial charge in [-0.2, -0.15) is 0 Å². The van der Waals surface area contributed by atoms with Crippen molar-refractivity contribution in [2.75, 3.05) is 6.54 Å². The van der Waals surface area contributed by atoms with Crippen molar-refractivity contribution in [2.45, 2.75) is 76.7 Å². The molecule has 1 aromatic rings. The lowest BCUT2D eigenvalue weighted by atomic mass is 9.58. The predicted octanol–water partition coefficient (Wildman–Crippen LogP) is 4.20. The normalized spacial score (nSPS) is 33.2. The summed E-state index contributed by atoms with van der Waals surface area (Å²) in [7, 11) is 0. The van der Waals surface area contributed by atoms with Gasteiger partial charge in [0, 0.05) is 19.0 Å². The minimum absolute atomic E-state index is 0.216. The summed E-state index contributed by atoms with van der Waals surface area (Å²) in [5.41, 5.74) is 5.06. The van der Waals surface area contributed by atoms with E-state index in [1.807, 2.05) is 0 Å². The minimum atomic E-state index is 0.216. The van der Waals surface area contributed by atoms with Crippen molar-refractivity contribution < 1.29 is 4.79 Å². The van der Waals surface area contributed by atoms with Crippen LogP contribution in [0.3, 0.4) is 0 Å². The number of fused-ring (bicyclic) bond motifs is 5. The van der Waals surface area contributed by atoms with Crippen LogP contribution in [0, 0.1) is 5.92 Å². The highest BCUT2D eigenvalue weighted by Gasteiger charge is 2.51. The van der Waals surface area contributed by atoms with E-state index in [1.54, 1.807) is 11.1 Å². The van der Waals surface area contributed by atoms with Crippen LogP contribution in [0.15, 0.2) is 18.2 Å². The van der Waals surface area contributed by atoms with E-state index in [9.17, 15) is 4.79 Å². The summed E-state index contributed by atoms with van der Waals surface area (Å²) in [6.45, 7) is 10.3. The molecule has 4 rings (SSSR count). The zero-order valence-corrected chi connectivity index (χ0v) is 15.0. The Morgan fingerprint density at radius 3 is 2.70 bits per heavy atom. The van der Waals surface area contributed by atoms with Crippen molar-refractivity contribution in [2.24, 2.45) is 5.92 Å². The predicted molar refractivity (Wildman–Crippen MR) is 93.7 cm³/mol. The van der Waals surface area contributed by atoms with Crippen molar-refractivity contribution in [3.63, 3.8) is 0 Å². The van der Waals surface area contributed by atoms with E-state index in [0.29, 0.717) is 17.9 Å². The monoisotopic (exact) mass is 311 g/mol. The van der Waals surface area contributed by atoms with E-state index < -0.39 is 0 Å². The van der Waals surface area contributed by atoms with Crippen LogP contribution in [-0.4, -0.2) is 23.4 Å². The Labute approximate surface area is 140 Å². The van der Waals surface area contributed by atoms with Crippen molar-refractivity contribution in [1.82, 2.24) is 4.90 Å².